The summed E-state index contributed by atoms with van der Waals surface area (Å²) in [7, 11) is 1.60. The molecule has 1 unspecified atom stereocenters. The van der Waals surface area contributed by atoms with Gasteiger partial charge < -0.3 is 15.6 Å². The number of hydrogen-bond acceptors (Lipinski definition) is 3. The van der Waals surface area contributed by atoms with Crippen LogP contribution in [0.4, 0.5) is 0 Å². The number of likely N-dealkylation sites (N-methyl/N-ethyl adjacent to an activating group) is 1. The molecule has 0 saturated heterocycles. The molecule has 0 spiro atoms. The summed E-state index contributed by atoms with van der Waals surface area (Å²) in [5.74, 6) is -0.0556. The molecule has 1 atom stereocenters. The quantitative estimate of drug-likeness (QED) is 0.671. The van der Waals surface area contributed by atoms with Gasteiger partial charge in [-0.2, -0.15) is 0 Å². The van der Waals surface area contributed by atoms with Crippen LogP contribution in [0.1, 0.15) is 18.7 Å². The summed E-state index contributed by atoms with van der Waals surface area (Å²) in [6, 6.07) is -0.104. The standard InChI is InChI=1S/C8H14N4O/c1-6(9)7-3-11-5-12(7)4-8(13)10-2/h3,5-6H,4,9H2,1-2H3,(H,10,13). The van der Waals surface area contributed by atoms with Gasteiger partial charge in [0.05, 0.1) is 12.0 Å². The Morgan fingerprint density at radius 3 is 3.08 bits per heavy atom. The van der Waals surface area contributed by atoms with Gasteiger partial charge >= 0.3 is 0 Å². The van der Waals surface area contributed by atoms with Crippen molar-refractivity contribution in [1.82, 2.24) is 14.9 Å². The maximum absolute atomic E-state index is 11.1. The van der Waals surface area contributed by atoms with Gasteiger partial charge in [0.25, 0.3) is 0 Å². The fraction of sp³-hybridized carbons (Fsp3) is 0.500. The maximum atomic E-state index is 11.1. The van der Waals surface area contributed by atoms with Crippen molar-refractivity contribution >= 4 is 5.91 Å². The molecule has 1 rings (SSSR count). The number of rotatable bonds is 3. The van der Waals surface area contributed by atoms with Crippen molar-refractivity contribution in [1.29, 1.82) is 0 Å². The minimum atomic E-state index is -0.104. The van der Waals surface area contributed by atoms with Crippen LogP contribution in [0.15, 0.2) is 12.5 Å². The van der Waals surface area contributed by atoms with Crippen LogP contribution in [-0.4, -0.2) is 22.5 Å². The van der Waals surface area contributed by atoms with Gasteiger partial charge in [0.15, 0.2) is 0 Å². The second kappa shape index (κ2) is 4.04. The molecule has 0 bridgehead atoms. The number of nitrogens with two attached hydrogens (primary N) is 1. The molecule has 72 valence electrons. The second-order valence-electron chi connectivity index (χ2n) is 2.91. The second-order valence-corrected chi connectivity index (χ2v) is 2.91. The van der Waals surface area contributed by atoms with Gasteiger partial charge in [-0.05, 0) is 6.92 Å². The van der Waals surface area contributed by atoms with E-state index in [0.29, 0.717) is 0 Å². The molecule has 0 radical (unpaired) electrons. The van der Waals surface area contributed by atoms with Crippen LogP contribution in [0, 0.1) is 0 Å². The molecule has 0 saturated carbocycles. The van der Waals surface area contributed by atoms with Crippen molar-refractivity contribution in [2.24, 2.45) is 5.73 Å². The van der Waals surface area contributed by atoms with E-state index in [1.165, 1.54) is 0 Å². The number of hydrogen-bond donors (Lipinski definition) is 2. The molecular weight excluding hydrogens is 168 g/mol. The van der Waals surface area contributed by atoms with Crippen molar-refractivity contribution < 1.29 is 4.79 Å². The number of amides is 1. The van der Waals surface area contributed by atoms with Gasteiger partial charge in [-0.15, -0.1) is 0 Å². The third-order valence-electron chi connectivity index (χ3n) is 1.80. The molecule has 1 amide bonds. The Kier molecular flexibility index (Phi) is 3.02. The molecule has 13 heavy (non-hydrogen) atoms. The third-order valence-corrected chi connectivity index (χ3v) is 1.80. The number of nitrogens with zero attached hydrogens (tertiary/aromatic N) is 2. The molecule has 0 aliphatic rings. The first-order chi connectivity index (χ1) is 6.15. The van der Waals surface area contributed by atoms with Crippen LogP contribution < -0.4 is 11.1 Å². The highest BCUT2D eigenvalue weighted by Gasteiger charge is 2.08. The van der Waals surface area contributed by atoms with Crippen LogP contribution >= 0.6 is 0 Å². The van der Waals surface area contributed by atoms with Crippen molar-refractivity contribution in [3.63, 3.8) is 0 Å². The molecule has 1 aromatic rings. The molecular formula is C8H14N4O. The first-order valence-corrected chi connectivity index (χ1v) is 4.11. The largest absolute Gasteiger partial charge is 0.358 e. The van der Waals surface area contributed by atoms with Crippen molar-refractivity contribution in [2.45, 2.75) is 19.5 Å². The van der Waals surface area contributed by atoms with E-state index in [1.807, 2.05) is 6.92 Å². The zero-order valence-corrected chi connectivity index (χ0v) is 7.82. The molecule has 0 aliphatic heterocycles. The van der Waals surface area contributed by atoms with E-state index < -0.39 is 0 Å². The monoisotopic (exact) mass is 182 g/mol. The maximum Gasteiger partial charge on any atom is 0.239 e. The Labute approximate surface area is 76.9 Å². The van der Waals surface area contributed by atoms with Gasteiger partial charge in [-0.1, -0.05) is 0 Å². The highest BCUT2D eigenvalue weighted by atomic mass is 16.1. The zero-order valence-electron chi connectivity index (χ0n) is 7.82. The molecule has 0 aliphatic carbocycles. The summed E-state index contributed by atoms with van der Waals surface area (Å²) < 4.78 is 1.74. The average molecular weight is 182 g/mol. The van der Waals surface area contributed by atoms with E-state index in [4.69, 9.17) is 5.73 Å². The molecule has 3 N–H and O–H groups in total. The van der Waals surface area contributed by atoms with E-state index in [-0.39, 0.29) is 18.5 Å². The topological polar surface area (TPSA) is 72.9 Å². The molecule has 0 aromatic carbocycles. The summed E-state index contributed by atoms with van der Waals surface area (Å²) in [5, 5.41) is 2.54. The van der Waals surface area contributed by atoms with E-state index >= 15 is 0 Å². The highest BCUT2D eigenvalue weighted by molar-refractivity contribution is 5.75. The lowest BCUT2D eigenvalue weighted by Crippen LogP contribution is -2.25. The van der Waals surface area contributed by atoms with E-state index in [0.717, 1.165) is 5.69 Å². The summed E-state index contributed by atoms with van der Waals surface area (Å²) in [6.45, 7) is 2.13. The van der Waals surface area contributed by atoms with Crippen molar-refractivity contribution in [3.05, 3.63) is 18.2 Å². The van der Waals surface area contributed by atoms with Crippen LogP contribution in [-0.2, 0) is 11.3 Å². The summed E-state index contributed by atoms with van der Waals surface area (Å²) in [5.41, 5.74) is 6.55. The fourth-order valence-corrected chi connectivity index (χ4v) is 1.08. The van der Waals surface area contributed by atoms with Crippen molar-refractivity contribution in [2.75, 3.05) is 7.05 Å². The van der Waals surface area contributed by atoms with E-state index in [9.17, 15) is 4.79 Å². The molecule has 1 aromatic heterocycles. The highest BCUT2D eigenvalue weighted by Crippen LogP contribution is 2.07. The minimum Gasteiger partial charge on any atom is -0.358 e. The number of carbonyl (C=O) groups excluding carboxylic acids is 1. The Hall–Kier alpha value is -1.36. The number of carbonyl (C=O) groups is 1. The van der Waals surface area contributed by atoms with Gasteiger partial charge in [0, 0.05) is 19.3 Å². The fourth-order valence-electron chi connectivity index (χ4n) is 1.08. The van der Waals surface area contributed by atoms with Gasteiger partial charge in [0.1, 0.15) is 6.54 Å². The third kappa shape index (κ3) is 2.29. The predicted molar refractivity (Wildman–Crippen MR) is 48.9 cm³/mol. The smallest absolute Gasteiger partial charge is 0.239 e. The van der Waals surface area contributed by atoms with Gasteiger partial charge in [0.2, 0.25) is 5.91 Å². The molecule has 5 nitrogen and oxygen atoms in total. The van der Waals surface area contributed by atoms with Gasteiger partial charge in [-0.3, -0.25) is 4.79 Å². The SMILES string of the molecule is CNC(=O)Cn1cncc1C(C)N. The van der Waals surface area contributed by atoms with Crippen LogP contribution in [0.3, 0.4) is 0 Å². The molecule has 0 fully saturated rings. The minimum absolute atomic E-state index is 0.0556. The first-order valence-electron chi connectivity index (χ1n) is 4.11. The normalized spacial score (nSPS) is 12.5. The van der Waals surface area contributed by atoms with Crippen LogP contribution in [0.25, 0.3) is 0 Å². The van der Waals surface area contributed by atoms with E-state index in [2.05, 4.69) is 10.3 Å². The lowest BCUT2D eigenvalue weighted by atomic mass is 10.3. The molecule has 1 heterocycles. The number of nitrogens with one attached hydrogen (secondary N) is 1. The lowest BCUT2D eigenvalue weighted by Gasteiger charge is -2.09. The summed E-state index contributed by atoms with van der Waals surface area (Å²) in [4.78, 5) is 15.0. The van der Waals surface area contributed by atoms with Crippen LogP contribution in [0.5, 0.6) is 0 Å². The zero-order chi connectivity index (χ0) is 9.84. The number of aromatic nitrogens is 2. The Morgan fingerprint density at radius 2 is 2.54 bits per heavy atom. The van der Waals surface area contributed by atoms with Gasteiger partial charge in [-0.25, -0.2) is 4.98 Å². The summed E-state index contributed by atoms with van der Waals surface area (Å²) >= 11 is 0. The first kappa shape index (κ1) is 9.73. The number of imidazole rings is 1. The van der Waals surface area contributed by atoms with Crippen LogP contribution in [0.2, 0.25) is 0 Å². The Morgan fingerprint density at radius 1 is 1.85 bits per heavy atom. The lowest BCUT2D eigenvalue weighted by molar-refractivity contribution is -0.121. The van der Waals surface area contributed by atoms with Crippen molar-refractivity contribution in [3.8, 4) is 0 Å². The molecule has 5 heteroatoms. The Bertz CT molecular complexity index is 292. The Balaban J connectivity index is 2.76. The summed E-state index contributed by atoms with van der Waals surface area (Å²) in [6.07, 6.45) is 3.28. The average Bonchev–Trinajstić information content (AvgIpc) is 2.52. The van der Waals surface area contributed by atoms with E-state index in [1.54, 1.807) is 24.1 Å². The predicted octanol–water partition coefficient (Wildman–Crippen LogP) is -0.351.